The number of rotatable bonds is 7. The summed E-state index contributed by atoms with van der Waals surface area (Å²) < 4.78 is 62.3. The normalized spacial score (nSPS) is 27.9. The second-order valence-electron chi connectivity index (χ2n) is 9.17. The Morgan fingerprint density at radius 2 is 1.79 bits per heavy atom. The van der Waals surface area contributed by atoms with Crippen molar-refractivity contribution in [3.05, 3.63) is 60.3 Å². The summed E-state index contributed by atoms with van der Waals surface area (Å²) in [5, 5.41) is 0. The molecule has 0 radical (unpaired) electrons. The van der Waals surface area contributed by atoms with Gasteiger partial charge in [0.25, 0.3) is 5.92 Å². The highest BCUT2D eigenvalue weighted by Crippen LogP contribution is 2.36. The molecule has 1 saturated carbocycles. The molecular weight excluding hydrogens is 448 g/mol. The van der Waals surface area contributed by atoms with Gasteiger partial charge in [0.2, 0.25) is 10.0 Å². The lowest BCUT2D eigenvalue weighted by atomic mass is 9.82. The zero-order chi connectivity index (χ0) is 23.5. The van der Waals surface area contributed by atoms with Gasteiger partial charge in [-0.1, -0.05) is 36.4 Å². The average Bonchev–Trinajstić information content (AvgIpc) is 2.80. The van der Waals surface area contributed by atoms with Gasteiger partial charge in [-0.2, -0.15) is 0 Å². The van der Waals surface area contributed by atoms with Gasteiger partial charge in [-0.15, -0.1) is 0 Å². The lowest BCUT2D eigenvalue weighted by Crippen LogP contribution is -2.64. The summed E-state index contributed by atoms with van der Waals surface area (Å²) >= 11 is 0. The van der Waals surface area contributed by atoms with Crippen LogP contribution in [0.4, 0.5) is 14.6 Å². The molecule has 1 aromatic heterocycles. The summed E-state index contributed by atoms with van der Waals surface area (Å²) in [6.07, 6.45) is 6.15. The number of alkyl halides is 2. The average molecular weight is 480 g/mol. The van der Waals surface area contributed by atoms with E-state index in [-0.39, 0.29) is 19.3 Å². The third-order valence-electron chi connectivity index (χ3n) is 6.59. The summed E-state index contributed by atoms with van der Waals surface area (Å²) in [5.74, 6) is -3.04. The molecule has 1 N–H and O–H groups in total. The molecule has 1 aliphatic carbocycles. The Kier molecular flexibility index (Phi) is 7.31. The Labute approximate surface area is 194 Å². The van der Waals surface area contributed by atoms with Crippen LogP contribution >= 0.6 is 0 Å². The maximum Gasteiger partial charge on any atom is 0.281 e. The second-order valence-corrected chi connectivity index (χ2v) is 11.0. The zero-order valence-corrected chi connectivity index (χ0v) is 19.6. The van der Waals surface area contributed by atoms with E-state index >= 15 is 8.78 Å². The molecule has 2 aliphatic rings. The Hall–Kier alpha value is -2.10. The van der Waals surface area contributed by atoms with Crippen molar-refractivity contribution in [3.8, 4) is 0 Å². The smallest absolute Gasteiger partial charge is 0.281 e. The largest absolute Gasteiger partial charge is 0.378 e. The van der Waals surface area contributed by atoms with Crippen LogP contribution in [-0.4, -0.2) is 57.4 Å². The fraction of sp³-hybridized carbons (Fsp3) is 0.542. The first-order chi connectivity index (χ1) is 15.7. The van der Waals surface area contributed by atoms with Crippen molar-refractivity contribution < 1.29 is 21.9 Å². The highest BCUT2D eigenvalue weighted by atomic mass is 32.2. The first-order valence-electron chi connectivity index (χ1n) is 11.4. The van der Waals surface area contributed by atoms with Crippen molar-refractivity contribution in [1.82, 2.24) is 9.71 Å². The second kappa shape index (κ2) is 10.0. The standard InChI is InChI=1S/C24H31F2N3O3S/c1-33(30,31)28-23-20(15-29(17-24(23,25)26)22-9-5-6-14-27-22)16-32-21-12-10-19(11-13-21)18-7-3-2-4-8-18/h2-9,14,19-21,23,28H,10-13,15-17H2,1H3/t19?,20?,21?,23-/m1/s1. The van der Waals surface area contributed by atoms with Gasteiger partial charge in [0.1, 0.15) is 5.82 Å². The lowest BCUT2D eigenvalue weighted by Gasteiger charge is -2.44. The van der Waals surface area contributed by atoms with Crippen LogP contribution in [0.2, 0.25) is 0 Å². The summed E-state index contributed by atoms with van der Waals surface area (Å²) in [6.45, 7) is -0.304. The Balaban J connectivity index is 1.42. The van der Waals surface area contributed by atoms with Crippen molar-refractivity contribution in [1.29, 1.82) is 0 Å². The van der Waals surface area contributed by atoms with Crippen molar-refractivity contribution >= 4 is 15.8 Å². The Bertz CT molecular complexity index is 1000. The van der Waals surface area contributed by atoms with Gasteiger partial charge >= 0.3 is 0 Å². The predicted molar refractivity (Wildman–Crippen MR) is 124 cm³/mol. The van der Waals surface area contributed by atoms with Crippen LogP contribution in [0.3, 0.4) is 0 Å². The van der Waals surface area contributed by atoms with Crippen LogP contribution in [0.1, 0.15) is 37.2 Å². The predicted octanol–water partition coefficient (Wildman–Crippen LogP) is 3.81. The minimum atomic E-state index is -3.81. The van der Waals surface area contributed by atoms with E-state index in [0.717, 1.165) is 31.9 Å². The number of pyridine rings is 1. The molecule has 4 rings (SSSR count). The number of piperidine rings is 1. The minimum Gasteiger partial charge on any atom is -0.378 e. The van der Waals surface area contributed by atoms with Crippen LogP contribution in [0.15, 0.2) is 54.7 Å². The molecule has 33 heavy (non-hydrogen) atoms. The molecule has 1 unspecified atom stereocenters. The van der Waals surface area contributed by atoms with Gasteiger partial charge in [0, 0.05) is 18.7 Å². The molecular formula is C24H31F2N3O3S. The van der Waals surface area contributed by atoms with Gasteiger partial charge < -0.3 is 9.64 Å². The van der Waals surface area contributed by atoms with Crippen LogP contribution < -0.4 is 9.62 Å². The lowest BCUT2D eigenvalue weighted by molar-refractivity contribution is -0.0811. The minimum absolute atomic E-state index is 0.0114. The molecule has 2 heterocycles. The van der Waals surface area contributed by atoms with E-state index in [4.69, 9.17) is 4.74 Å². The molecule has 0 amide bonds. The van der Waals surface area contributed by atoms with E-state index in [2.05, 4.69) is 21.8 Å². The van der Waals surface area contributed by atoms with Gasteiger partial charge in [0.15, 0.2) is 0 Å². The van der Waals surface area contributed by atoms with Crippen LogP contribution in [0.25, 0.3) is 0 Å². The van der Waals surface area contributed by atoms with Crippen LogP contribution in [0, 0.1) is 5.92 Å². The third-order valence-corrected chi connectivity index (χ3v) is 7.27. The number of nitrogens with one attached hydrogen (secondary N) is 1. The first-order valence-corrected chi connectivity index (χ1v) is 13.3. The van der Waals surface area contributed by atoms with E-state index in [1.165, 1.54) is 10.5 Å². The molecule has 2 fully saturated rings. The van der Waals surface area contributed by atoms with Gasteiger partial charge in [-0.05, 0) is 49.3 Å². The molecule has 1 aromatic carbocycles. The molecule has 9 heteroatoms. The van der Waals surface area contributed by atoms with Crippen LogP contribution in [-0.2, 0) is 14.8 Å². The van der Waals surface area contributed by atoms with E-state index in [0.29, 0.717) is 11.7 Å². The number of hydrogen-bond acceptors (Lipinski definition) is 5. The summed E-state index contributed by atoms with van der Waals surface area (Å²) in [5.41, 5.74) is 1.33. The SMILES string of the molecule is CS(=O)(=O)N[C@@H]1C(COC2CCC(c3ccccc3)CC2)CN(c2ccccn2)CC1(F)F. The quantitative estimate of drug-likeness (QED) is 0.654. The van der Waals surface area contributed by atoms with E-state index in [9.17, 15) is 8.42 Å². The van der Waals surface area contributed by atoms with Crippen LogP contribution in [0.5, 0.6) is 0 Å². The topological polar surface area (TPSA) is 71.5 Å². The van der Waals surface area contributed by atoms with Gasteiger partial charge in [-0.25, -0.2) is 26.9 Å². The van der Waals surface area contributed by atoms with E-state index < -0.39 is 34.5 Å². The molecule has 0 bridgehead atoms. The summed E-state index contributed by atoms with van der Waals surface area (Å²) in [4.78, 5) is 5.72. The molecule has 2 aromatic rings. The fourth-order valence-electron chi connectivity index (χ4n) is 4.98. The fourth-order valence-corrected chi connectivity index (χ4v) is 5.80. The molecule has 0 spiro atoms. The van der Waals surface area contributed by atoms with Crippen molar-refractivity contribution in [2.24, 2.45) is 5.92 Å². The summed E-state index contributed by atoms with van der Waals surface area (Å²) in [6, 6.07) is 14.0. The number of halogens is 2. The Morgan fingerprint density at radius 1 is 1.09 bits per heavy atom. The highest BCUT2D eigenvalue weighted by molar-refractivity contribution is 7.88. The first kappa shape index (κ1) is 24.0. The number of sulfonamides is 1. The number of benzene rings is 1. The molecule has 2 atom stereocenters. The molecule has 1 aliphatic heterocycles. The van der Waals surface area contributed by atoms with E-state index in [1.807, 2.05) is 18.2 Å². The number of nitrogens with zero attached hydrogens (tertiary/aromatic N) is 2. The number of ether oxygens (including phenoxy) is 1. The van der Waals surface area contributed by atoms with Crippen molar-refractivity contribution in [3.63, 3.8) is 0 Å². The third kappa shape index (κ3) is 6.28. The zero-order valence-electron chi connectivity index (χ0n) is 18.7. The van der Waals surface area contributed by atoms with Gasteiger partial charge in [-0.3, -0.25) is 0 Å². The number of anilines is 1. The number of aromatic nitrogens is 1. The van der Waals surface area contributed by atoms with E-state index in [1.54, 1.807) is 24.4 Å². The molecule has 180 valence electrons. The highest BCUT2D eigenvalue weighted by Gasteiger charge is 2.51. The molecule has 1 saturated heterocycles. The number of hydrogen-bond donors (Lipinski definition) is 1. The Morgan fingerprint density at radius 3 is 2.42 bits per heavy atom. The van der Waals surface area contributed by atoms with Crippen molar-refractivity contribution in [2.75, 3.05) is 30.9 Å². The maximum absolute atomic E-state index is 15.1. The maximum atomic E-state index is 15.1. The monoisotopic (exact) mass is 479 g/mol. The van der Waals surface area contributed by atoms with Crippen molar-refractivity contribution in [2.45, 2.75) is 49.7 Å². The summed E-state index contributed by atoms with van der Waals surface area (Å²) in [7, 11) is -3.81. The van der Waals surface area contributed by atoms with Gasteiger partial charge in [0.05, 0.1) is 31.6 Å². The molecule has 6 nitrogen and oxygen atoms in total.